The highest BCUT2D eigenvalue weighted by molar-refractivity contribution is 7.99. The molecule has 4 rings (SSSR count). The topological polar surface area (TPSA) is 79.2 Å². The van der Waals surface area contributed by atoms with Crippen molar-refractivity contribution in [3.63, 3.8) is 0 Å². The molecule has 1 unspecified atom stereocenters. The van der Waals surface area contributed by atoms with E-state index in [1.165, 1.54) is 18.7 Å². The van der Waals surface area contributed by atoms with E-state index in [1.807, 2.05) is 48.5 Å². The van der Waals surface area contributed by atoms with Crippen molar-refractivity contribution in [2.75, 3.05) is 17.8 Å². The molecule has 3 aromatic rings. The summed E-state index contributed by atoms with van der Waals surface area (Å²) in [4.78, 5) is 30.8. The van der Waals surface area contributed by atoms with Crippen LogP contribution in [0.2, 0.25) is 0 Å². The van der Waals surface area contributed by atoms with Gasteiger partial charge in [-0.05, 0) is 41.4 Å². The summed E-state index contributed by atoms with van der Waals surface area (Å²) in [5.41, 5.74) is 2.38. The van der Waals surface area contributed by atoms with E-state index >= 15 is 0 Å². The first-order chi connectivity index (χ1) is 15.5. The Labute approximate surface area is 191 Å². The van der Waals surface area contributed by atoms with Gasteiger partial charge in [0.05, 0.1) is 18.4 Å². The highest BCUT2D eigenvalue weighted by Crippen LogP contribution is 2.37. The quantitative estimate of drug-likeness (QED) is 0.335. The summed E-state index contributed by atoms with van der Waals surface area (Å²) in [5, 5.41) is 5.35. The molecular formula is C24H27N4O3S+. The number of unbranched alkanes of at least 4 members (excludes halogenated alkanes) is 2. The van der Waals surface area contributed by atoms with Crippen LogP contribution in [0.1, 0.15) is 44.8 Å². The van der Waals surface area contributed by atoms with Crippen LogP contribution >= 0.6 is 11.8 Å². The molecule has 1 aliphatic rings. The largest absolute Gasteiger partial charge is 0.497 e. The van der Waals surface area contributed by atoms with Gasteiger partial charge in [0.25, 0.3) is 6.17 Å². The number of ether oxygens (including phenoxy) is 1. The molecule has 0 aliphatic carbocycles. The predicted octanol–water partition coefficient (Wildman–Crippen LogP) is 3.93. The van der Waals surface area contributed by atoms with Crippen molar-refractivity contribution in [1.29, 1.82) is 0 Å². The minimum absolute atomic E-state index is 0.136. The Morgan fingerprint density at radius 1 is 1.22 bits per heavy atom. The highest BCUT2D eigenvalue weighted by atomic mass is 32.2. The second kappa shape index (κ2) is 9.56. The summed E-state index contributed by atoms with van der Waals surface area (Å²) in [6.45, 7) is 3.69. The van der Waals surface area contributed by atoms with Crippen LogP contribution in [0.3, 0.4) is 0 Å². The van der Waals surface area contributed by atoms with E-state index in [4.69, 9.17) is 9.84 Å². The van der Waals surface area contributed by atoms with Crippen LogP contribution in [0.5, 0.6) is 5.75 Å². The van der Waals surface area contributed by atoms with Gasteiger partial charge in [0, 0.05) is 23.3 Å². The Bertz CT molecular complexity index is 1190. The van der Waals surface area contributed by atoms with E-state index in [0.29, 0.717) is 27.9 Å². The van der Waals surface area contributed by atoms with E-state index in [0.717, 1.165) is 30.6 Å². The van der Waals surface area contributed by atoms with Gasteiger partial charge < -0.3 is 4.74 Å². The maximum absolute atomic E-state index is 13.3. The molecule has 1 aliphatic heterocycles. The maximum atomic E-state index is 13.3. The Balaban J connectivity index is 1.92. The second-order valence-corrected chi connectivity index (χ2v) is 8.75. The van der Waals surface area contributed by atoms with Gasteiger partial charge in [0.2, 0.25) is 11.1 Å². The molecule has 0 fully saturated rings. The molecular weight excluding hydrogens is 424 g/mol. The standard InChI is InChI=1S/C24H26N4O3S/c1-4-5-8-14-32-24-25-22(30)21-19-12-6-7-13-20(19)27(16(2)29)23(28(21)26-24)17-10-9-11-18(15-17)31-3/h6-7,9-13,15,23H,4-5,8,14H2,1-3H3/p+1. The Morgan fingerprint density at radius 3 is 2.78 bits per heavy atom. The third-order valence-electron chi connectivity index (χ3n) is 5.48. The van der Waals surface area contributed by atoms with Gasteiger partial charge in [-0.3, -0.25) is 14.6 Å². The van der Waals surface area contributed by atoms with Crippen LogP contribution in [0, 0.1) is 0 Å². The second-order valence-electron chi connectivity index (χ2n) is 7.66. The smallest absolute Gasteiger partial charge is 0.325 e. The molecule has 1 N–H and O–H groups in total. The van der Waals surface area contributed by atoms with Crippen molar-refractivity contribution in [2.45, 2.75) is 44.4 Å². The van der Waals surface area contributed by atoms with Crippen LogP contribution < -0.4 is 19.9 Å². The number of para-hydroxylation sites is 1. The first-order valence-electron chi connectivity index (χ1n) is 10.8. The fourth-order valence-corrected chi connectivity index (χ4v) is 4.85. The molecule has 32 heavy (non-hydrogen) atoms. The van der Waals surface area contributed by atoms with Gasteiger partial charge in [-0.25, -0.2) is 4.90 Å². The van der Waals surface area contributed by atoms with E-state index in [2.05, 4.69) is 11.9 Å². The number of aromatic amines is 1. The van der Waals surface area contributed by atoms with Gasteiger partial charge in [0.1, 0.15) is 5.75 Å². The fraction of sp³-hybridized carbons (Fsp3) is 0.333. The first-order valence-corrected chi connectivity index (χ1v) is 11.8. The summed E-state index contributed by atoms with van der Waals surface area (Å²) in [6.07, 6.45) is 2.71. The summed E-state index contributed by atoms with van der Waals surface area (Å²) in [5.74, 6) is 1.40. The normalized spacial score (nSPS) is 14.6. The molecule has 0 spiro atoms. The van der Waals surface area contributed by atoms with E-state index in [-0.39, 0.29) is 11.5 Å². The third kappa shape index (κ3) is 4.14. The number of nitrogens with one attached hydrogen (secondary N) is 1. The lowest BCUT2D eigenvalue weighted by molar-refractivity contribution is -0.763. The lowest BCUT2D eigenvalue weighted by atomic mass is 10.0. The van der Waals surface area contributed by atoms with Gasteiger partial charge in [0.15, 0.2) is 0 Å². The molecule has 166 valence electrons. The predicted molar refractivity (Wildman–Crippen MR) is 125 cm³/mol. The number of hydrogen-bond acceptors (Lipinski definition) is 5. The van der Waals surface area contributed by atoms with Crippen molar-refractivity contribution in [3.05, 3.63) is 64.4 Å². The van der Waals surface area contributed by atoms with Gasteiger partial charge >= 0.3 is 11.3 Å². The Kier molecular flexibility index (Phi) is 6.60. The molecule has 0 saturated heterocycles. The lowest BCUT2D eigenvalue weighted by Crippen LogP contribution is -2.60. The highest BCUT2D eigenvalue weighted by Gasteiger charge is 2.44. The molecule has 0 radical (unpaired) electrons. The van der Waals surface area contributed by atoms with Crippen LogP contribution in [0.4, 0.5) is 5.69 Å². The zero-order valence-corrected chi connectivity index (χ0v) is 19.3. The zero-order chi connectivity index (χ0) is 22.7. The molecule has 0 bridgehead atoms. The number of benzene rings is 2. The Morgan fingerprint density at radius 2 is 2.03 bits per heavy atom. The average molecular weight is 452 g/mol. The maximum Gasteiger partial charge on any atom is 0.325 e. The molecule has 1 amide bonds. The molecule has 2 aromatic carbocycles. The number of methoxy groups -OCH3 is 1. The zero-order valence-electron chi connectivity index (χ0n) is 18.5. The van der Waals surface area contributed by atoms with Gasteiger partial charge in [-0.15, -0.1) is 0 Å². The number of aromatic nitrogens is 3. The summed E-state index contributed by atoms with van der Waals surface area (Å²) >= 11 is 1.53. The molecule has 0 saturated carbocycles. The van der Waals surface area contributed by atoms with Gasteiger partial charge in [-0.2, -0.15) is 0 Å². The number of carbonyl (C=O) groups is 1. The molecule has 8 heteroatoms. The van der Waals surface area contributed by atoms with Crippen molar-refractivity contribution in [3.8, 4) is 17.0 Å². The Hall–Kier alpha value is -3.13. The number of nitrogens with zero attached hydrogens (tertiary/aromatic N) is 3. The fourth-order valence-electron chi connectivity index (χ4n) is 4.00. The summed E-state index contributed by atoms with van der Waals surface area (Å²) in [6, 6.07) is 15.0. The van der Waals surface area contributed by atoms with Crippen LogP contribution in [0.15, 0.2) is 58.5 Å². The first kappa shape index (κ1) is 22.1. The SMILES string of the molecule is CCCCCSc1n[n+]2c(c(=O)[nH]1)-c1ccccc1N(C(C)=O)C2c1cccc(OC)c1. The molecule has 2 heterocycles. The number of hydrogen-bond donors (Lipinski definition) is 1. The van der Waals surface area contributed by atoms with Crippen LogP contribution in [-0.4, -0.2) is 28.9 Å². The van der Waals surface area contributed by atoms with Crippen LogP contribution in [0.25, 0.3) is 11.3 Å². The van der Waals surface area contributed by atoms with Crippen molar-refractivity contribution in [2.24, 2.45) is 0 Å². The number of amides is 1. The van der Waals surface area contributed by atoms with Crippen molar-refractivity contribution >= 4 is 23.4 Å². The number of H-pyrrole nitrogens is 1. The van der Waals surface area contributed by atoms with Crippen molar-refractivity contribution in [1.82, 2.24) is 10.1 Å². The molecule has 7 nitrogen and oxygen atoms in total. The van der Waals surface area contributed by atoms with E-state index < -0.39 is 6.17 Å². The van der Waals surface area contributed by atoms with Gasteiger partial charge in [-0.1, -0.05) is 49.7 Å². The number of fused-ring (bicyclic) bond motifs is 3. The monoisotopic (exact) mass is 451 g/mol. The minimum atomic E-state index is -0.607. The molecule has 1 aromatic heterocycles. The van der Waals surface area contributed by atoms with E-state index in [9.17, 15) is 9.59 Å². The third-order valence-corrected chi connectivity index (χ3v) is 6.43. The summed E-state index contributed by atoms with van der Waals surface area (Å²) in [7, 11) is 1.60. The van der Waals surface area contributed by atoms with E-state index in [1.54, 1.807) is 16.7 Å². The number of carbonyl (C=O) groups excluding carboxylic acids is 1. The lowest BCUT2D eigenvalue weighted by Gasteiger charge is -2.31. The minimum Gasteiger partial charge on any atom is -0.497 e. The van der Waals surface area contributed by atoms with Crippen LogP contribution in [-0.2, 0) is 4.79 Å². The number of thioether (sulfide) groups is 1. The average Bonchev–Trinajstić information content (AvgIpc) is 2.80. The number of anilines is 1. The van der Waals surface area contributed by atoms with Crippen molar-refractivity contribution < 1.29 is 14.2 Å². The number of rotatable bonds is 7. The summed E-state index contributed by atoms with van der Waals surface area (Å²) < 4.78 is 7.10. The molecule has 1 atom stereocenters.